The number of carbonyl (C=O) groups is 2. The Hall–Kier alpha value is -2.84. The lowest BCUT2D eigenvalue weighted by atomic mass is 10.2. The van der Waals surface area contributed by atoms with Gasteiger partial charge in [-0.1, -0.05) is 36.0 Å². The van der Waals surface area contributed by atoms with E-state index >= 15 is 0 Å². The first kappa shape index (κ1) is 20.9. The monoisotopic (exact) mass is 428 g/mol. The molecule has 1 aliphatic rings. The normalized spacial score (nSPS) is 15.0. The topological polar surface area (TPSA) is 67.9 Å². The van der Waals surface area contributed by atoms with Crippen molar-refractivity contribution >= 4 is 46.2 Å². The highest BCUT2D eigenvalue weighted by Crippen LogP contribution is 2.34. The molecule has 0 aliphatic carbocycles. The molecule has 1 saturated heterocycles. The third-order valence-corrected chi connectivity index (χ3v) is 5.21. The number of thiocarbonyl (C=S) groups is 1. The van der Waals surface area contributed by atoms with Crippen molar-refractivity contribution in [3.8, 4) is 11.5 Å². The lowest BCUT2D eigenvalue weighted by Crippen LogP contribution is -2.44. The quantitative estimate of drug-likeness (QED) is 0.531. The Labute approximate surface area is 178 Å². The second kappa shape index (κ2) is 9.58. The average Bonchev–Trinajstić information content (AvgIpc) is 2.98. The van der Waals surface area contributed by atoms with E-state index in [1.165, 1.54) is 0 Å². The molecule has 2 aromatic carbocycles. The molecule has 1 heterocycles. The first-order chi connectivity index (χ1) is 14.0. The fraction of sp³-hybridized carbons (Fsp3) is 0.190. The molecule has 0 bridgehead atoms. The summed E-state index contributed by atoms with van der Waals surface area (Å²) >= 11 is 6.40. The maximum atomic E-state index is 12.7. The highest BCUT2D eigenvalue weighted by Gasteiger charge is 2.33. The Bertz CT molecular complexity index is 960. The summed E-state index contributed by atoms with van der Waals surface area (Å²) in [5.41, 5.74) is 3.78. The minimum atomic E-state index is -0.400. The molecule has 150 valence electrons. The van der Waals surface area contributed by atoms with Crippen LogP contribution in [0, 0.1) is 0 Å². The molecule has 2 amide bonds. The number of benzene rings is 2. The van der Waals surface area contributed by atoms with Crippen molar-refractivity contribution in [3.63, 3.8) is 0 Å². The van der Waals surface area contributed by atoms with Gasteiger partial charge in [-0.3, -0.25) is 15.0 Å². The van der Waals surface area contributed by atoms with Gasteiger partial charge >= 0.3 is 0 Å². The number of carbonyl (C=O) groups excluding carboxylic acids is 2. The fourth-order valence-electron chi connectivity index (χ4n) is 2.63. The van der Waals surface area contributed by atoms with Gasteiger partial charge in [0, 0.05) is 5.56 Å². The summed E-state index contributed by atoms with van der Waals surface area (Å²) in [6.45, 7) is 4.82. The van der Waals surface area contributed by atoms with E-state index < -0.39 is 5.91 Å². The number of thioether (sulfide) groups is 1. The van der Waals surface area contributed by atoms with E-state index in [0.717, 1.165) is 22.3 Å². The lowest BCUT2D eigenvalue weighted by Gasteiger charge is -2.15. The number of rotatable bonds is 7. The van der Waals surface area contributed by atoms with Gasteiger partial charge in [-0.2, -0.15) is 5.01 Å². The molecule has 1 N–H and O–H groups in total. The van der Waals surface area contributed by atoms with Gasteiger partial charge in [-0.15, -0.1) is 0 Å². The molecule has 0 spiro atoms. The Morgan fingerprint density at radius 1 is 1.10 bits per heavy atom. The highest BCUT2D eigenvalue weighted by molar-refractivity contribution is 8.26. The van der Waals surface area contributed by atoms with Gasteiger partial charge in [-0.25, -0.2) is 0 Å². The zero-order valence-corrected chi connectivity index (χ0v) is 17.6. The van der Waals surface area contributed by atoms with Crippen LogP contribution in [0.3, 0.4) is 0 Å². The van der Waals surface area contributed by atoms with E-state index in [-0.39, 0.29) is 10.2 Å². The van der Waals surface area contributed by atoms with Crippen LogP contribution in [-0.4, -0.2) is 34.4 Å². The summed E-state index contributed by atoms with van der Waals surface area (Å²) in [5.74, 6) is 0.476. The number of nitrogens with one attached hydrogen (secondary N) is 1. The van der Waals surface area contributed by atoms with Gasteiger partial charge in [0.1, 0.15) is 0 Å². The molecule has 1 aliphatic heterocycles. The van der Waals surface area contributed by atoms with Crippen LogP contribution in [0.1, 0.15) is 29.8 Å². The largest absolute Gasteiger partial charge is 0.490 e. The van der Waals surface area contributed by atoms with Crippen molar-refractivity contribution in [2.45, 2.75) is 13.8 Å². The minimum absolute atomic E-state index is 0.265. The summed E-state index contributed by atoms with van der Waals surface area (Å²) < 4.78 is 11.5. The van der Waals surface area contributed by atoms with Crippen molar-refractivity contribution in [3.05, 3.63) is 64.6 Å². The van der Waals surface area contributed by atoms with Crippen molar-refractivity contribution in [1.82, 2.24) is 10.4 Å². The number of nitrogens with zero attached hydrogens (tertiary/aromatic N) is 1. The molecule has 6 nitrogen and oxygen atoms in total. The van der Waals surface area contributed by atoms with Crippen LogP contribution in [-0.2, 0) is 4.79 Å². The van der Waals surface area contributed by atoms with E-state index in [9.17, 15) is 9.59 Å². The van der Waals surface area contributed by atoms with Crippen molar-refractivity contribution in [1.29, 1.82) is 0 Å². The summed E-state index contributed by atoms with van der Waals surface area (Å²) in [5, 5.41) is 1.10. The van der Waals surface area contributed by atoms with Gasteiger partial charge in [-0.05, 0) is 62.0 Å². The number of hydrogen-bond donors (Lipinski definition) is 1. The Morgan fingerprint density at radius 2 is 1.79 bits per heavy atom. The van der Waals surface area contributed by atoms with Gasteiger partial charge < -0.3 is 9.47 Å². The Morgan fingerprint density at radius 3 is 2.48 bits per heavy atom. The molecule has 0 saturated carbocycles. The van der Waals surface area contributed by atoms with E-state index in [0.29, 0.717) is 35.2 Å². The summed E-state index contributed by atoms with van der Waals surface area (Å²) in [6.07, 6.45) is 1.71. The number of hydrogen-bond acceptors (Lipinski definition) is 6. The molecular formula is C21H20N2O4S2. The van der Waals surface area contributed by atoms with Crippen LogP contribution in [0.25, 0.3) is 6.08 Å². The zero-order valence-electron chi connectivity index (χ0n) is 16.0. The van der Waals surface area contributed by atoms with Crippen molar-refractivity contribution in [2.24, 2.45) is 0 Å². The molecule has 2 aromatic rings. The van der Waals surface area contributed by atoms with Crippen LogP contribution >= 0.6 is 24.0 Å². The number of hydrazine groups is 1. The van der Waals surface area contributed by atoms with Gasteiger partial charge in [0.25, 0.3) is 11.8 Å². The molecular weight excluding hydrogens is 408 g/mol. The van der Waals surface area contributed by atoms with E-state index in [1.807, 2.05) is 32.0 Å². The van der Waals surface area contributed by atoms with Crippen LogP contribution in [0.5, 0.6) is 11.5 Å². The van der Waals surface area contributed by atoms with Crippen LogP contribution in [0.4, 0.5) is 0 Å². The number of ether oxygens (including phenoxy) is 2. The predicted molar refractivity (Wildman–Crippen MR) is 118 cm³/mol. The summed E-state index contributed by atoms with van der Waals surface area (Å²) in [4.78, 5) is 25.5. The predicted octanol–water partition coefficient (Wildman–Crippen LogP) is 4.03. The Kier molecular flexibility index (Phi) is 6.90. The first-order valence-electron chi connectivity index (χ1n) is 9.07. The molecule has 3 rings (SSSR count). The van der Waals surface area contributed by atoms with Crippen LogP contribution in [0.2, 0.25) is 0 Å². The molecule has 0 radical (unpaired) electrons. The highest BCUT2D eigenvalue weighted by atomic mass is 32.2. The van der Waals surface area contributed by atoms with E-state index in [2.05, 4.69) is 5.43 Å². The zero-order chi connectivity index (χ0) is 20.8. The maximum Gasteiger partial charge on any atom is 0.285 e. The second-order valence-corrected chi connectivity index (χ2v) is 7.57. The molecule has 29 heavy (non-hydrogen) atoms. The van der Waals surface area contributed by atoms with Gasteiger partial charge in [0.05, 0.1) is 18.1 Å². The van der Waals surface area contributed by atoms with E-state index in [4.69, 9.17) is 21.7 Å². The summed E-state index contributed by atoms with van der Waals surface area (Å²) in [7, 11) is 0. The van der Waals surface area contributed by atoms with E-state index in [1.54, 1.807) is 36.4 Å². The first-order valence-corrected chi connectivity index (χ1v) is 10.3. The maximum absolute atomic E-state index is 12.7. The molecule has 1 fully saturated rings. The van der Waals surface area contributed by atoms with Gasteiger partial charge in [0.15, 0.2) is 15.8 Å². The Balaban J connectivity index is 1.79. The standard InChI is InChI=1S/C21H20N2O4S2/c1-3-26-16-11-10-14(12-17(16)27-4-2)13-18-20(25)23(21(28)29-18)22-19(24)15-8-6-5-7-9-15/h5-13H,3-4H2,1-2H3,(H,22,24). The average molecular weight is 429 g/mol. The van der Waals surface area contributed by atoms with Crippen molar-refractivity contribution in [2.75, 3.05) is 13.2 Å². The minimum Gasteiger partial charge on any atom is -0.490 e. The second-order valence-electron chi connectivity index (χ2n) is 5.90. The van der Waals surface area contributed by atoms with Crippen molar-refractivity contribution < 1.29 is 19.1 Å². The SMILES string of the molecule is CCOc1ccc(C=C2SC(=S)N(NC(=O)c3ccccc3)C2=O)cc1OCC. The lowest BCUT2D eigenvalue weighted by molar-refractivity contribution is -0.123. The molecule has 0 unspecified atom stereocenters. The molecule has 0 atom stereocenters. The summed E-state index contributed by atoms with van der Waals surface area (Å²) in [6, 6.07) is 14.1. The molecule has 0 aromatic heterocycles. The van der Waals surface area contributed by atoms with Crippen LogP contribution < -0.4 is 14.9 Å². The smallest absolute Gasteiger partial charge is 0.285 e. The third-order valence-electron chi connectivity index (χ3n) is 3.91. The van der Waals surface area contributed by atoms with Crippen LogP contribution in [0.15, 0.2) is 53.4 Å². The number of amides is 2. The van der Waals surface area contributed by atoms with Gasteiger partial charge in [0.2, 0.25) is 0 Å². The fourth-order valence-corrected chi connectivity index (χ4v) is 3.81. The molecule has 8 heteroatoms. The third kappa shape index (κ3) is 4.96.